The van der Waals surface area contributed by atoms with E-state index in [1.807, 2.05) is 24.3 Å². The zero-order valence-electron chi connectivity index (χ0n) is 13.8. The molecule has 1 atom stereocenters. The molecule has 0 spiro atoms. The summed E-state index contributed by atoms with van der Waals surface area (Å²) in [4.78, 5) is 12.0. The van der Waals surface area contributed by atoms with Crippen molar-refractivity contribution in [1.29, 1.82) is 0 Å². The number of benzene rings is 1. The van der Waals surface area contributed by atoms with Gasteiger partial charge in [-0.15, -0.1) is 10.2 Å². The minimum atomic E-state index is -3.00. The SMILES string of the molecule is CCc1cccc(NC(=O)CSc2nnc([C@H]3CCS(=O)(=O)C3)o2)c1. The van der Waals surface area contributed by atoms with Gasteiger partial charge in [-0.1, -0.05) is 30.8 Å². The van der Waals surface area contributed by atoms with E-state index in [1.54, 1.807) is 0 Å². The minimum absolute atomic E-state index is 0.0492. The number of nitrogens with zero attached hydrogens (tertiary/aromatic N) is 2. The van der Waals surface area contributed by atoms with E-state index in [0.29, 0.717) is 12.3 Å². The van der Waals surface area contributed by atoms with Gasteiger partial charge in [0.1, 0.15) is 0 Å². The number of aryl methyl sites for hydroxylation is 1. The van der Waals surface area contributed by atoms with E-state index in [0.717, 1.165) is 29.4 Å². The molecule has 1 fully saturated rings. The van der Waals surface area contributed by atoms with Crippen LogP contribution in [0.5, 0.6) is 0 Å². The number of nitrogens with one attached hydrogen (secondary N) is 1. The monoisotopic (exact) mass is 381 g/mol. The fourth-order valence-corrected chi connectivity index (χ4v) is 4.93. The van der Waals surface area contributed by atoms with Gasteiger partial charge in [0.15, 0.2) is 9.84 Å². The average Bonchev–Trinajstić information content (AvgIpc) is 3.19. The summed E-state index contributed by atoms with van der Waals surface area (Å²) in [6.07, 6.45) is 1.41. The van der Waals surface area contributed by atoms with Gasteiger partial charge in [-0.25, -0.2) is 8.42 Å². The van der Waals surface area contributed by atoms with Crippen LogP contribution < -0.4 is 5.32 Å². The predicted octanol–water partition coefficient (Wildman–Crippen LogP) is 2.26. The van der Waals surface area contributed by atoms with E-state index in [2.05, 4.69) is 22.4 Å². The van der Waals surface area contributed by atoms with E-state index in [1.165, 1.54) is 0 Å². The molecule has 0 bridgehead atoms. The number of thioether (sulfide) groups is 1. The fourth-order valence-electron chi connectivity index (χ4n) is 2.63. The molecule has 1 amide bonds. The van der Waals surface area contributed by atoms with Crippen LogP contribution in [0.3, 0.4) is 0 Å². The van der Waals surface area contributed by atoms with Crippen molar-refractivity contribution in [2.24, 2.45) is 0 Å². The largest absolute Gasteiger partial charge is 0.416 e. The molecular formula is C16H19N3O4S2. The van der Waals surface area contributed by atoms with Crippen LogP contribution >= 0.6 is 11.8 Å². The number of hydrogen-bond donors (Lipinski definition) is 1. The molecule has 1 saturated heterocycles. The first-order valence-electron chi connectivity index (χ1n) is 8.00. The maximum absolute atomic E-state index is 12.0. The van der Waals surface area contributed by atoms with Crippen LogP contribution in [0.2, 0.25) is 0 Å². The Labute approximate surface area is 150 Å². The van der Waals surface area contributed by atoms with Crippen LogP contribution in [-0.4, -0.2) is 41.8 Å². The van der Waals surface area contributed by atoms with Crippen molar-refractivity contribution in [3.05, 3.63) is 35.7 Å². The molecule has 1 aliphatic rings. The summed E-state index contributed by atoms with van der Waals surface area (Å²) in [5.74, 6) is 0.273. The predicted molar refractivity (Wildman–Crippen MR) is 95.5 cm³/mol. The van der Waals surface area contributed by atoms with Crippen LogP contribution in [0.15, 0.2) is 33.9 Å². The van der Waals surface area contributed by atoms with Crippen molar-refractivity contribution < 1.29 is 17.6 Å². The number of hydrogen-bond acceptors (Lipinski definition) is 7. The zero-order valence-corrected chi connectivity index (χ0v) is 15.4. The second-order valence-corrected chi connectivity index (χ2v) is 9.05. The van der Waals surface area contributed by atoms with E-state index in [4.69, 9.17) is 4.42 Å². The lowest BCUT2D eigenvalue weighted by Crippen LogP contribution is -2.14. The number of carbonyl (C=O) groups excluding carboxylic acids is 1. The van der Waals surface area contributed by atoms with Crippen LogP contribution in [-0.2, 0) is 21.1 Å². The Hall–Kier alpha value is -1.87. The Morgan fingerprint density at radius 1 is 1.40 bits per heavy atom. The third kappa shape index (κ3) is 4.82. The first-order chi connectivity index (χ1) is 11.9. The van der Waals surface area contributed by atoms with Crippen LogP contribution in [0.25, 0.3) is 0 Å². The first kappa shape index (κ1) is 17.9. The Kier molecular flexibility index (Phi) is 5.43. The Morgan fingerprint density at radius 2 is 2.24 bits per heavy atom. The molecule has 0 aliphatic carbocycles. The van der Waals surface area contributed by atoms with Gasteiger partial charge in [-0.05, 0) is 30.5 Å². The highest BCUT2D eigenvalue weighted by molar-refractivity contribution is 7.99. The van der Waals surface area contributed by atoms with Gasteiger partial charge in [-0.3, -0.25) is 4.79 Å². The molecule has 1 N–H and O–H groups in total. The molecule has 1 aliphatic heterocycles. The lowest BCUT2D eigenvalue weighted by molar-refractivity contribution is -0.113. The third-order valence-electron chi connectivity index (χ3n) is 3.95. The molecular weight excluding hydrogens is 362 g/mol. The second kappa shape index (κ2) is 7.57. The topological polar surface area (TPSA) is 102 Å². The number of carbonyl (C=O) groups is 1. The Balaban J connectivity index is 1.52. The number of aromatic nitrogens is 2. The maximum atomic E-state index is 12.0. The highest BCUT2D eigenvalue weighted by Gasteiger charge is 2.32. The number of amides is 1. The summed E-state index contributed by atoms with van der Waals surface area (Å²) < 4.78 is 28.5. The molecule has 0 unspecified atom stereocenters. The molecule has 3 rings (SSSR count). The molecule has 7 nitrogen and oxygen atoms in total. The van der Waals surface area contributed by atoms with Crippen LogP contribution in [0.1, 0.15) is 30.7 Å². The van der Waals surface area contributed by atoms with Crippen LogP contribution in [0, 0.1) is 0 Å². The summed E-state index contributed by atoms with van der Waals surface area (Å²) in [5, 5.41) is 10.9. The second-order valence-electron chi connectivity index (χ2n) is 5.90. The van der Waals surface area contributed by atoms with E-state index in [-0.39, 0.29) is 34.3 Å². The smallest absolute Gasteiger partial charge is 0.277 e. The van der Waals surface area contributed by atoms with E-state index < -0.39 is 9.84 Å². The van der Waals surface area contributed by atoms with Crippen LogP contribution in [0.4, 0.5) is 5.69 Å². The first-order valence-corrected chi connectivity index (χ1v) is 10.8. The summed E-state index contributed by atoms with van der Waals surface area (Å²) >= 11 is 1.14. The lowest BCUT2D eigenvalue weighted by atomic mass is 10.1. The standard InChI is InChI=1S/C16H19N3O4S2/c1-2-11-4-3-5-13(8-11)17-14(20)9-24-16-19-18-15(23-16)12-6-7-25(21,22)10-12/h3-5,8,12H,2,6-7,9-10H2,1H3,(H,17,20)/t12-/m0/s1. The average molecular weight is 381 g/mol. The maximum Gasteiger partial charge on any atom is 0.277 e. The molecule has 1 aromatic heterocycles. The molecule has 1 aromatic carbocycles. The van der Waals surface area contributed by atoms with E-state index >= 15 is 0 Å². The fraction of sp³-hybridized carbons (Fsp3) is 0.438. The van der Waals surface area contributed by atoms with Crippen molar-refractivity contribution in [2.75, 3.05) is 22.6 Å². The van der Waals surface area contributed by atoms with Gasteiger partial charge in [-0.2, -0.15) is 0 Å². The highest BCUT2D eigenvalue weighted by atomic mass is 32.2. The summed E-state index contributed by atoms with van der Waals surface area (Å²) in [6.45, 7) is 2.06. The molecule has 25 heavy (non-hydrogen) atoms. The Morgan fingerprint density at radius 3 is 2.96 bits per heavy atom. The van der Waals surface area contributed by atoms with Crippen molar-refractivity contribution in [2.45, 2.75) is 30.9 Å². The third-order valence-corrected chi connectivity index (χ3v) is 6.54. The van der Waals surface area contributed by atoms with Gasteiger partial charge in [0.05, 0.1) is 23.2 Å². The zero-order chi connectivity index (χ0) is 17.9. The van der Waals surface area contributed by atoms with E-state index in [9.17, 15) is 13.2 Å². The normalized spacial score (nSPS) is 19.0. The quantitative estimate of drug-likeness (QED) is 0.766. The van der Waals surface area contributed by atoms with Crippen molar-refractivity contribution >= 4 is 33.2 Å². The number of sulfone groups is 1. The molecule has 2 aromatic rings. The Bertz CT molecular complexity index is 864. The molecule has 2 heterocycles. The summed E-state index contributed by atoms with van der Waals surface area (Å²) in [5.41, 5.74) is 1.91. The van der Waals surface area contributed by atoms with Gasteiger partial charge in [0, 0.05) is 5.69 Å². The van der Waals surface area contributed by atoms with Gasteiger partial charge < -0.3 is 9.73 Å². The minimum Gasteiger partial charge on any atom is -0.416 e. The molecule has 134 valence electrons. The van der Waals surface area contributed by atoms with Gasteiger partial charge in [0.2, 0.25) is 11.8 Å². The molecule has 0 radical (unpaired) electrons. The molecule has 9 heteroatoms. The highest BCUT2D eigenvalue weighted by Crippen LogP contribution is 2.29. The lowest BCUT2D eigenvalue weighted by Gasteiger charge is -2.05. The number of anilines is 1. The van der Waals surface area contributed by atoms with Crippen molar-refractivity contribution in [3.8, 4) is 0 Å². The van der Waals surface area contributed by atoms with Gasteiger partial charge >= 0.3 is 0 Å². The number of rotatable bonds is 6. The van der Waals surface area contributed by atoms with Gasteiger partial charge in [0.25, 0.3) is 5.22 Å². The summed E-state index contributed by atoms with van der Waals surface area (Å²) in [6, 6.07) is 7.69. The summed E-state index contributed by atoms with van der Waals surface area (Å²) in [7, 11) is -3.00. The van der Waals surface area contributed by atoms with Crippen molar-refractivity contribution in [1.82, 2.24) is 10.2 Å². The van der Waals surface area contributed by atoms with Crippen molar-refractivity contribution in [3.63, 3.8) is 0 Å². The molecule has 0 saturated carbocycles.